The molecule has 0 bridgehead atoms. The van der Waals surface area contributed by atoms with E-state index >= 15 is 0 Å². The number of hydrogen-bond acceptors (Lipinski definition) is 10. The van der Waals surface area contributed by atoms with Gasteiger partial charge < -0.3 is 25.5 Å². The number of alkyl halides is 1. The summed E-state index contributed by atoms with van der Waals surface area (Å²) < 4.78 is 4.83. The molecule has 0 aromatic carbocycles. The van der Waals surface area contributed by atoms with Crippen LogP contribution in [0.25, 0.3) is 0 Å². The molecule has 3 amide bonds. The molecule has 1 aromatic rings. The van der Waals surface area contributed by atoms with Crippen molar-refractivity contribution in [3.63, 3.8) is 0 Å². The Morgan fingerprint density at radius 3 is 2.83 bits per heavy atom. The first-order chi connectivity index (χ1) is 13.8. The molecule has 2 atom stereocenters. The van der Waals surface area contributed by atoms with Crippen LogP contribution in [-0.2, 0) is 28.8 Å². The van der Waals surface area contributed by atoms with Crippen molar-refractivity contribution in [1.29, 1.82) is 0 Å². The third kappa shape index (κ3) is 6.58. The maximum absolute atomic E-state index is 12.6. The Morgan fingerprint density at radius 2 is 2.21 bits per heavy atom. The highest BCUT2D eigenvalue weighted by molar-refractivity contribution is 8.00. The summed E-state index contributed by atoms with van der Waals surface area (Å²) >= 11 is 7.83. The van der Waals surface area contributed by atoms with Crippen molar-refractivity contribution in [2.45, 2.75) is 18.3 Å². The second-order valence-electron chi connectivity index (χ2n) is 5.43. The van der Waals surface area contributed by atoms with Gasteiger partial charge in [0.2, 0.25) is 11.8 Å². The van der Waals surface area contributed by atoms with Gasteiger partial charge >= 0.3 is 5.97 Å². The zero-order valence-corrected chi connectivity index (χ0v) is 17.8. The van der Waals surface area contributed by atoms with E-state index in [4.69, 9.17) is 21.2 Å². The largest absolute Gasteiger partial charge is 0.465 e. The topological polar surface area (TPSA) is 148 Å². The predicted octanol–water partition coefficient (Wildman–Crippen LogP) is -0.0921. The third-order valence-corrected chi connectivity index (χ3v) is 5.51. The normalized spacial score (nSPS) is 18.3. The molecule has 2 rings (SSSR count). The molecule has 0 spiro atoms. The van der Waals surface area contributed by atoms with Gasteiger partial charge in [-0.3, -0.25) is 19.2 Å². The van der Waals surface area contributed by atoms with Gasteiger partial charge in [-0.05, 0) is 0 Å². The first kappa shape index (κ1) is 22.9. The van der Waals surface area contributed by atoms with Crippen molar-refractivity contribution in [3.8, 4) is 0 Å². The standard InChI is InChI=1S/C15H18ClN5O6S2/c1-7(22)27-3-4-28-14-11(13(25)20-14)19-12(24)10(21-26-2)8-6-29-15(17-8)18-9(23)5-16/h6,11,14H,3-5H2,1-2H3,(H,19,24)(H,20,25)(H,17,18,23)/t11-,14-/m1/s1. The highest BCUT2D eigenvalue weighted by Crippen LogP contribution is 2.21. The number of carbonyl (C=O) groups excluding carboxylic acids is 4. The number of nitrogens with zero attached hydrogens (tertiary/aromatic N) is 2. The van der Waals surface area contributed by atoms with Crippen LogP contribution in [0, 0.1) is 0 Å². The quantitative estimate of drug-likeness (QED) is 0.109. The molecule has 1 aliphatic rings. The molecule has 29 heavy (non-hydrogen) atoms. The third-order valence-electron chi connectivity index (χ3n) is 3.35. The molecule has 0 radical (unpaired) electrons. The molecule has 0 saturated carbocycles. The van der Waals surface area contributed by atoms with Crippen LogP contribution in [0.2, 0.25) is 0 Å². The Labute approximate surface area is 178 Å². The summed E-state index contributed by atoms with van der Waals surface area (Å²) in [5.41, 5.74) is 0.0106. The molecule has 14 heteroatoms. The van der Waals surface area contributed by atoms with Crippen LogP contribution in [0.1, 0.15) is 12.6 Å². The minimum Gasteiger partial charge on any atom is -0.465 e. The van der Waals surface area contributed by atoms with E-state index < -0.39 is 23.8 Å². The average Bonchev–Trinajstić information content (AvgIpc) is 3.13. The number of hydrogen-bond donors (Lipinski definition) is 3. The fourth-order valence-corrected chi connectivity index (χ4v) is 3.89. The van der Waals surface area contributed by atoms with Crippen molar-refractivity contribution in [2.24, 2.45) is 5.16 Å². The molecule has 11 nitrogen and oxygen atoms in total. The monoisotopic (exact) mass is 463 g/mol. The fraction of sp³-hybridized carbons (Fsp3) is 0.467. The van der Waals surface area contributed by atoms with Gasteiger partial charge in [0.05, 0.1) is 0 Å². The summed E-state index contributed by atoms with van der Waals surface area (Å²) in [5.74, 6) is -1.64. The van der Waals surface area contributed by atoms with Gasteiger partial charge in [-0.2, -0.15) is 0 Å². The number of carbonyl (C=O) groups is 4. The van der Waals surface area contributed by atoms with E-state index in [0.717, 1.165) is 11.3 Å². The molecule has 0 aliphatic carbocycles. The second kappa shape index (κ2) is 11.0. The SMILES string of the molecule is CON=C(C(=O)N[C@@H]1C(=O)N[C@@H]1SCCOC(C)=O)c1csc(NC(=O)CCl)n1. The maximum Gasteiger partial charge on any atom is 0.302 e. The average molecular weight is 464 g/mol. The van der Waals surface area contributed by atoms with E-state index in [1.807, 2.05) is 0 Å². The molecule has 158 valence electrons. The van der Waals surface area contributed by atoms with Crippen LogP contribution in [0.4, 0.5) is 5.13 Å². The van der Waals surface area contributed by atoms with Crippen LogP contribution in [0.5, 0.6) is 0 Å². The molecule has 1 saturated heterocycles. The van der Waals surface area contributed by atoms with Crippen molar-refractivity contribution in [2.75, 3.05) is 30.7 Å². The number of β-lactam (4-membered cyclic amide) rings is 1. The number of thioether (sulfide) groups is 1. The van der Waals surface area contributed by atoms with Gasteiger partial charge in [0, 0.05) is 18.1 Å². The Hall–Kier alpha value is -2.38. The van der Waals surface area contributed by atoms with Crippen molar-refractivity contribution >= 4 is 69.2 Å². The number of aromatic nitrogens is 1. The number of rotatable bonds is 10. The van der Waals surface area contributed by atoms with Crippen LogP contribution in [0.15, 0.2) is 10.5 Å². The Morgan fingerprint density at radius 1 is 1.45 bits per heavy atom. The van der Waals surface area contributed by atoms with Gasteiger partial charge in [-0.15, -0.1) is 34.7 Å². The first-order valence-electron chi connectivity index (χ1n) is 8.14. The van der Waals surface area contributed by atoms with Crippen LogP contribution in [-0.4, -0.2) is 71.2 Å². The lowest BCUT2D eigenvalue weighted by atomic mass is 10.1. The number of ether oxygens (including phenoxy) is 1. The molecular weight excluding hydrogens is 446 g/mol. The molecular formula is C15H18ClN5O6S2. The van der Waals surface area contributed by atoms with E-state index in [0.29, 0.717) is 5.75 Å². The zero-order chi connectivity index (χ0) is 21.4. The summed E-state index contributed by atoms with van der Waals surface area (Å²) in [5, 5.41) is 12.7. The second-order valence-corrected chi connectivity index (χ2v) is 7.81. The van der Waals surface area contributed by atoms with Crippen molar-refractivity contribution < 1.29 is 28.8 Å². The molecule has 3 N–H and O–H groups in total. The lowest BCUT2D eigenvalue weighted by Gasteiger charge is -2.36. The van der Waals surface area contributed by atoms with Gasteiger partial charge in [-0.25, -0.2) is 4.98 Å². The fourth-order valence-electron chi connectivity index (χ4n) is 2.09. The summed E-state index contributed by atoms with van der Waals surface area (Å²) in [6.45, 7) is 1.50. The van der Waals surface area contributed by atoms with Crippen molar-refractivity contribution in [3.05, 3.63) is 11.1 Å². The number of anilines is 1. The molecule has 0 unspecified atom stereocenters. The summed E-state index contributed by atoms with van der Waals surface area (Å²) in [6.07, 6.45) is 0. The number of oxime groups is 1. The van der Waals surface area contributed by atoms with Gasteiger partial charge in [0.25, 0.3) is 5.91 Å². The number of thiazole rings is 1. The zero-order valence-electron chi connectivity index (χ0n) is 15.4. The predicted molar refractivity (Wildman–Crippen MR) is 108 cm³/mol. The van der Waals surface area contributed by atoms with E-state index in [1.165, 1.54) is 31.2 Å². The summed E-state index contributed by atoms with van der Waals surface area (Å²) in [6, 6.07) is -0.791. The molecule has 2 heterocycles. The minimum atomic E-state index is -0.791. The highest BCUT2D eigenvalue weighted by Gasteiger charge is 2.41. The van der Waals surface area contributed by atoms with Crippen LogP contribution >= 0.6 is 34.7 Å². The minimum absolute atomic E-state index is 0.154. The van der Waals surface area contributed by atoms with E-state index in [-0.39, 0.29) is 40.3 Å². The maximum atomic E-state index is 12.6. The van der Waals surface area contributed by atoms with Crippen LogP contribution in [0.3, 0.4) is 0 Å². The Balaban J connectivity index is 1.98. The van der Waals surface area contributed by atoms with Gasteiger partial charge in [0.15, 0.2) is 10.8 Å². The van der Waals surface area contributed by atoms with Gasteiger partial charge in [-0.1, -0.05) is 5.16 Å². The lowest BCUT2D eigenvalue weighted by molar-refractivity contribution is -0.140. The molecule has 1 aliphatic heterocycles. The van der Waals surface area contributed by atoms with Gasteiger partial charge in [0.1, 0.15) is 36.7 Å². The number of amides is 3. The summed E-state index contributed by atoms with van der Waals surface area (Å²) in [7, 11) is 1.26. The molecule has 1 aromatic heterocycles. The number of esters is 1. The van der Waals surface area contributed by atoms with Crippen molar-refractivity contribution in [1.82, 2.24) is 15.6 Å². The van der Waals surface area contributed by atoms with E-state index in [1.54, 1.807) is 0 Å². The number of halogens is 1. The van der Waals surface area contributed by atoms with E-state index in [2.05, 4.69) is 26.1 Å². The Bertz CT molecular complexity index is 817. The number of nitrogens with one attached hydrogen (secondary N) is 3. The first-order valence-corrected chi connectivity index (χ1v) is 10.6. The van der Waals surface area contributed by atoms with E-state index in [9.17, 15) is 19.2 Å². The lowest BCUT2D eigenvalue weighted by Crippen LogP contribution is -2.68. The highest BCUT2D eigenvalue weighted by atomic mass is 35.5. The van der Waals surface area contributed by atoms with Crippen LogP contribution < -0.4 is 16.0 Å². The Kier molecular flexibility index (Phi) is 8.67. The smallest absolute Gasteiger partial charge is 0.302 e. The molecule has 1 fully saturated rings. The summed E-state index contributed by atoms with van der Waals surface area (Å²) in [4.78, 5) is 55.4.